The van der Waals surface area contributed by atoms with Gasteiger partial charge in [-0.1, -0.05) is 46.3 Å². The number of hydrogen-bond donors (Lipinski definition) is 1. The highest BCUT2D eigenvalue weighted by Crippen LogP contribution is 2.33. The lowest BCUT2D eigenvalue weighted by atomic mass is 10.1. The van der Waals surface area contributed by atoms with Crippen molar-refractivity contribution in [2.24, 2.45) is 0 Å². The average molecular weight is 418 g/mol. The maximum atomic E-state index is 12.5. The Balaban J connectivity index is 1.86. The monoisotopic (exact) mass is 417 g/mol. The van der Waals surface area contributed by atoms with Gasteiger partial charge in [-0.25, -0.2) is 4.79 Å². The summed E-state index contributed by atoms with van der Waals surface area (Å²) in [6.45, 7) is 0.176. The summed E-state index contributed by atoms with van der Waals surface area (Å²) < 4.78 is 0.913. The number of amides is 2. The molecule has 2 amide bonds. The third-order valence-corrected chi connectivity index (χ3v) is 5.04. The van der Waals surface area contributed by atoms with Gasteiger partial charge in [0, 0.05) is 4.47 Å². The van der Waals surface area contributed by atoms with Crippen LogP contribution < -0.4 is 0 Å². The van der Waals surface area contributed by atoms with E-state index in [9.17, 15) is 19.5 Å². The van der Waals surface area contributed by atoms with Crippen LogP contribution in [0.1, 0.15) is 21.5 Å². The van der Waals surface area contributed by atoms with Crippen molar-refractivity contribution < 1.29 is 19.5 Å². The molecule has 5 nitrogen and oxygen atoms in total. The standard InChI is InChI=1S/C18H12BrNO4S/c19-13-7-5-11(6-8-13)10-20-16(21)15(25-18(20)24)9-12-3-1-2-4-14(12)17(22)23/h1-9H,10H2,(H,22,23)/b15-9-. The van der Waals surface area contributed by atoms with Gasteiger partial charge in [0.25, 0.3) is 11.1 Å². The summed E-state index contributed by atoms with van der Waals surface area (Å²) in [5, 5.41) is 8.86. The highest BCUT2D eigenvalue weighted by atomic mass is 79.9. The minimum absolute atomic E-state index is 0.0854. The topological polar surface area (TPSA) is 74.7 Å². The van der Waals surface area contributed by atoms with E-state index in [0.29, 0.717) is 5.56 Å². The lowest BCUT2D eigenvalue weighted by molar-refractivity contribution is -0.123. The Hall–Kier alpha value is -2.38. The van der Waals surface area contributed by atoms with Crippen molar-refractivity contribution in [2.45, 2.75) is 6.54 Å². The summed E-state index contributed by atoms with van der Waals surface area (Å²) in [6.07, 6.45) is 1.45. The number of carboxylic acids is 1. The third kappa shape index (κ3) is 3.83. The van der Waals surface area contributed by atoms with Crippen molar-refractivity contribution in [2.75, 3.05) is 0 Å². The van der Waals surface area contributed by atoms with Crippen LogP contribution in [0.5, 0.6) is 0 Å². The van der Waals surface area contributed by atoms with E-state index in [0.717, 1.165) is 26.7 Å². The number of imide groups is 1. The fourth-order valence-electron chi connectivity index (χ4n) is 2.37. The van der Waals surface area contributed by atoms with E-state index < -0.39 is 11.9 Å². The number of halogens is 1. The van der Waals surface area contributed by atoms with E-state index in [1.807, 2.05) is 24.3 Å². The summed E-state index contributed by atoms with van der Waals surface area (Å²) in [6, 6.07) is 13.7. The number of carbonyl (C=O) groups is 3. The molecule has 126 valence electrons. The fourth-order valence-corrected chi connectivity index (χ4v) is 3.46. The summed E-state index contributed by atoms with van der Waals surface area (Å²) in [5.74, 6) is -1.50. The molecule has 0 aliphatic carbocycles. The molecule has 0 aromatic heterocycles. The van der Waals surface area contributed by atoms with Crippen LogP contribution in [0.2, 0.25) is 0 Å². The van der Waals surface area contributed by atoms with E-state index in [1.54, 1.807) is 18.2 Å². The molecule has 25 heavy (non-hydrogen) atoms. The summed E-state index contributed by atoms with van der Waals surface area (Å²) in [4.78, 5) is 37.4. The molecule has 2 aromatic carbocycles. The molecule has 0 spiro atoms. The number of thioether (sulfide) groups is 1. The van der Waals surface area contributed by atoms with Crippen molar-refractivity contribution in [3.05, 3.63) is 74.6 Å². The minimum atomic E-state index is -1.08. The molecule has 7 heteroatoms. The maximum absolute atomic E-state index is 12.5. The number of carbonyl (C=O) groups excluding carboxylic acids is 2. The number of benzene rings is 2. The van der Waals surface area contributed by atoms with E-state index in [2.05, 4.69) is 15.9 Å². The first-order valence-electron chi connectivity index (χ1n) is 7.28. The third-order valence-electron chi connectivity index (χ3n) is 3.61. The summed E-state index contributed by atoms with van der Waals surface area (Å²) in [5.41, 5.74) is 1.31. The first-order valence-corrected chi connectivity index (χ1v) is 8.89. The maximum Gasteiger partial charge on any atom is 0.336 e. The van der Waals surface area contributed by atoms with Gasteiger partial charge >= 0.3 is 5.97 Å². The van der Waals surface area contributed by atoms with E-state index >= 15 is 0 Å². The quantitative estimate of drug-likeness (QED) is 0.746. The fraction of sp³-hybridized carbons (Fsp3) is 0.0556. The molecule has 0 unspecified atom stereocenters. The second-order valence-electron chi connectivity index (χ2n) is 5.29. The van der Waals surface area contributed by atoms with Gasteiger partial charge in [-0.05, 0) is 47.2 Å². The zero-order valence-corrected chi connectivity index (χ0v) is 15.2. The summed E-state index contributed by atoms with van der Waals surface area (Å²) in [7, 11) is 0. The molecule has 3 rings (SSSR count). The first kappa shape index (κ1) is 17.4. The zero-order chi connectivity index (χ0) is 18.0. The molecule has 1 aliphatic rings. The molecule has 1 aliphatic heterocycles. The molecular weight excluding hydrogens is 406 g/mol. The molecule has 0 atom stereocenters. The van der Waals surface area contributed by atoms with Crippen LogP contribution in [0.15, 0.2) is 57.9 Å². The van der Waals surface area contributed by atoms with Crippen LogP contribution >= 0.6 is 27.7 Å². The second kappa shape index (κ2) is 7.25. The van der Waals surface area contributed by atoms with Gasteiger partial charge in [0.05, 0.1) is 17.0 Å². The van der Waals surface area contributed by atoms with Gasteiger partial charge in [-0.15, -0.1) is 0 Å². The predicted octanol–water partition coefficient (Wildman–Crippen LogP) is 4.38. The highest BCUT2D eigenvalue weighted by Gasteiger charge is 2.35. The Kier molecular flexibility index (Phi) is 5.06. The van der Waals surface area contributed by atoms with Crippen molar-refractivity contribution in [3.63, 3.8) is 0 Å². The Morgan fingerprint density at radius 2 is 1.80 bits per heavy atom. The molecule has 0 saturated carbocycles. The number of carboxylic acid groups (broad SMARTS) is 1. The Labute approximate surface area is 156 Å². The van der Waals surface area contributed by atoms with Gasteiger partial charge in [0.2, 0.25) is 0 Å². The second-order valence-corrected chi connectivity index (χ2v) is 7.20. The van der Waals surface area contributed by atoms with E-state index in [4.69, 9.17) is 0 Å². The Bertz CT molecular complexity index is 892. The molecule has 1 heterocycles. The normalized spacial score (nSPS) is 15.9. The van der Waals surface area contributed by atoms with Gasteiger partial charge in [0.1, 0.15) is 0 Å². The molecule has 1 N–H and O–H groups in total. The Morgan fingerprint density at radius 1 is 1.12 bits per heavy atom. The van der Waals surface area contributed by atoms with Crippen molar-refractivity contribution >= 4 is 50.9 Å². The van der Waals surface area contributed by atoms with E-state index in [-0.39, 0.29) is 22.3 Å². The number of rotatable bonds is 4. The number of aromatic carboxylic acids is 1. The van der Waals surface area contributed by atoms with Gasteiger partial charge in [-0.2, -0.15) is 0 Å². The van der Waals surface area contributed by atoms with Crippen LogP contribution in [0.25, 0.3) is 6.08 Å². The van der Waals surface area contributed by atoms with Gasteiger partial charge in [-0.3, -0.25) is 14.5 Å². The first-order chi connectivity index (χ1) is 12.0. The molecular formula is C18H12BrNO4S. The van der Waals surface area contributed by atoms with Gasteiger partial charge in [0.15, 0.2) is 0 Å². The number of nitrogens with zero attached hydrogens (tertiary/aromatic N) is 1. The predicted molar refractivity (Wildman–Crippen MR) is 99.1 cm³/mol. The smallest absolute Gasteiger partial charge is 0.336 e. The molecule has 1 fully saturated rings. The van der Waals surface area contributed by atoms with Crippen LogP contribution in [0.4, 0.5) is 4.79 Å². The molecule has 0 bridgehead atoms. The molecule has 1 saturated heterocycles. The largest absolute Gasteiger partial charge is 0.478 e. The van der Waals surface area contributed by atoms with E-state index in [1.165, 1.54) is 12.1 Å². The lowest BCUT2D eigenvalue weighted by Crippen LogP contribution is -2.27. The van der Waals surface area contributed by atoms with Crippen molar-refractivity contribution in [1.82, 2.24) is 4.90 Å². The molecule has 0 radical (unpaired) electrons. The van der Waals surface area contributed by atoms with Crippen molar-refractivity contribution in [1.29, 1.82) is 0 Å². The average Bonchev–Trinajstić information content (AvgIpc) is 2.84. The zero-order valence-electron chi connectivity index (χ0n) is 12.8. The van der Waals surface area contributed by atoms with Crippen LogP contribution in [0.3, 0.4) is 0 Å². The highest BCUT2D eigenvalue weighted by molar-refractivity contribution is 9.10. The van der Waals surface area contributed by atoms with Crippen LogP contribution in [-0.2, 0) is 11.3 Å². The van der Waals surface area contributed by atoms with Crippen LogP contribution in [-0.4, -0.2) is 27.1 Å². The van der Waals surface area contributed by atoms with Crippen molar-refractivity contribution in [3.8, 4) is 0 Å². The summed E-state index contributed by atoms with van der Waals surface area (Å²) >= 11 is 4.15. The SMILES string of the molecule is O=C(O)c1ccccc1/C=C1\SC(=O)N(Cc2ccc(Br)cc2)C1=O. The Morgan fingerprint density at radius 3 is 2.48 bits per heavy atom. The van der Waals surface area contributed by atoms with Gasteiger partial charge < -0.3 is 5.11 Å². The molecule has 2 aromatic rings. The lowest BCUT2D eigenvalue weighted by Gasteiger charge is -2.12. The van der Waals surface area contributed by atoms with Crippen LogP contribution in [0, 0.1) is 0 Å². The number of hydrogen-bond acceptors (Lipinski definition) is 4. The minimum Gasteiger partial charge on any atom is -0.478 e.